The number of aromatic nitrogens is 2. The monoisotopic (exact) mass is 287 g/mol. The SMILES string of the molecule is COc1cc(SC)ccc1-c1nc2c([nH]1)CC(=O)N=C2. The Kier molecular flexibility index (Phi) is 3.31. The molecule has 0 atom stereocenters. The molecule has 20 heavy (non-hydrogen) atoms. The van der Waals surface area contributed by atoms with Crippen molar-refractivity contribution in [2.45, 2.75) is 11.3 Å². The molecule has 1 N–H and O–H groups in total. The Bertz CT molecular complexity index is 706. The standard InChI is InChI=1S/C14H13N3O2S/c1-19-12-5-8(20-2)3-4-9(12)14-16-10-6-13(18)15-7-11(10)17-14/h3-5,7H,6H2,1-2H3,(H,16,17). The molecule has 1 aromatic carbocycles. The first kappa shape index (κ1) is 12.9. The number of rotatable bonds is 3. The van der Waals surface area contributed by atoms with Gasteiger partial charge in [-0.05, 0) is 24.5 Å². The molecule has 3 rings (SSSR count). The third-order valence-corrected chi connectivity index (χ3v) is 3.86. The fourth-order valence-electron chi connectivity index (χ4n) is 2.12. The summed E-state index contributed by atoms with van der Waals surface area (Å²) in [6.07, 6.45) is 3.79. The Morgan fingerprint density at radius 1 is 1.40 bits per heavy atom. The molecule has 5 nitrogen and oxygen atoms in total. The first-order valence-electron chi connectivity index (χ1n) is 6.09. The maximum Gasteiger partial charge on any atom is 0.251 e. The second-order valence-electron chi connectivity index (χ2n) is 4.34. The normalized spacial score (nSPS) is 13.4. The van der Waals surface area contributed by atoms with E-state index in [0.29, 0.717) is 5.82 Å². The molecule has 0 aliphatic carbocycles. The zero-order valence-corrected chi connectivity index (χ0v) is 12.0. The molecule has 0 radical (unpaired) electrons. The van der Waals surface area contributed by atoms with Gasteiger partial charge in [0.2, 0.25) is 0 Å². The quantitative estimate of drug-likeness (QED) is 0.880. The summed E-state index contributed by atoms with van der Waals surface area (Å²) in [5, 5.41) is 0. The molecule has 2 aromatic rings. The van der Waals surface area contributed by atoms with Gasteiger partial charge in [-0.2, -0.15) is 0 Å². The molecule has 2 heterocycles. The van der Waals surface area contributed by atoms with Gasteiger partial charge in [-0.3, -0.25) is 4.79 Å². The fraction of sp³-hybridized carbons (Fsp3) is 0.214. The Morgan fingerprint density at radius 3 is 3.00 bits per heavy atom. The van der Waals surface area contributed by atoms with Crippen LogP contribution in [0, 0.1) is 0 Å². The molecule has 0 saturated carbocycles. The zero-order valence-electron chi connectivity index (χ0n) is 11.1. The third-order valence-electron chi connectivity index (χ3n) is 3.13. The van der Waals surface area contributed by atoms with Gasteiger partial charge in [0.15, 0.2) is 0 Å². The smallest absolute Gasteiger partial charge is 0.251 e. The molecular formula is C14H13N3O2S. The number of nitrogens with one attached hydrogen (secondary N) is 1. The van der Waals surface area contributed by atoms with Gasteiger partial charge in [0.05, 0.1) is 31.0 Å². The molecule has 6 heteroatoms. The van der Waals surface area contributed by atoms with Crippen molar-refractivity contribution in [2.75, 3.05) is 13.4 Å². The van der Waals surface area contributed by atoms with Crippen LogP contribution < -0.4 is 4.74 Å². The molecule has 0 spiro atoms. The van der Waals surface area contributed by atoms with Crippen molar-refractivity contribution in [1.82, 2.24) is 9.97 Å². The number of fused-ring (bicyclic) bond motifs is 1. The van der Waals surface area contributed by atoms with Gasteiger partial charge < -0.3 is 9.72 Å². The number of hydrogen-bond donors (Lipinski definition) is 1. The van der Waals surface area contributed by atoms with Gasteiger partial charge in [0, 0.05) is 4.90 Å². The van der Waals surface area contributed by atoms with Crippen LogP contribution in [0.15, 0.2) is 28.1 Å². The maximum absolute atomic E-state index is 11.3. The lowest BCUT2D eigenvalue weighted by Crippen LogP contribution is -2.08. The molecule has 1 amide bonds. The number of nitrogens with zero attached hydrogens (tertiary/aromatic N) is 2. The number of methoxy groups -OCH3 is 1. The summed E-state index contributed by atoms with van der Waals surface area (Å²) in [4.78, 5) is 23.9. The predicted molar refractivity (Wildman–Crippen MR) is 78.7 cm³/mol. The second kappa shape index (κ2) is 5.13. The fourth-order valence-corrected chi connectivity index (χ4v) is 2.55. The van der Waals surface area contributed by atoms with Crippen molar-refractivity contribution in [3.05, 3.63) is 29.6 Å². The van der Waals surface area contributed by atoms with Gasteiger partial charge in [-0.1, -0.05) is 0 Å². The minimum atomic E-state index is -0.155. The van der Waals surface area contributed by atoms with Crippen LogP contribution in [0.4, 0.5) is 0 Å². The van der Waals surface area contributed by atoms with Crippen LogP contribution in [0.1, 0.15) is 11.4 Å². The third kappa shape index (κ3) is 2.22. The second-order valence-corrected chi connectivity index (χ2v) is 5.22. The van der Waals surface area contributed by atoms with E-state index in [1.165, 1.54) is 6.21 Å². The largest absolute Gasteiger partial charge is 0.496 e. The number of imidazole rings is 1. The maximum atomic E-state index is 11.3. The lowest BCUT2D eigenvalue weighted by molar-refractivity contribution is -0.117. The Labute approximate surface area is 120 Å². The topological polar surface area (TPSA) is 67.3 Å². The van der Waals surface area contributed by atoms with E-state index in [1.54, 1.807) is 18.9 Å². The number of carbonyl (C=O) groups is 1. The summed E-state index contributed by atoms with van der Waals surface area (Å²) in [7, 11) is 1.64. The number of aromatic amines is 1. The van der Waals surface area contributed by atoms with Crippen molar-refractivity contribution in [1.29, 1.82) is 0 Å². The highest BCUT2D eigenvalue weighted by Gasteiger charge is 2.18. The number of carbonyl (C=O) groups excluding carboxylic acids is 1. The van der Waals surface area contributed by atoms with Gasteiger partial charge in [0.25, 0.3) is 5.91 Å². The van der Waals surface area contributed by atoms with Crippen molar-refractivity contribution in [2.24, 2.45) is 4.99 Å². The van der Waals surface area contributed by atoms with E-state index in [9.17, 15) is 4.79 Å². The van der Waals surface area contributed by atoms with Gasteiger partial charge >= 0.3 is 0 Å². The summed E-state index contributed by atoms with van der Waals surface area (Å²) < 4.78 is 5.42. The van der Waals surface area contributed by atoms with Crippen LogP contribution in [0.5, 0.6) is 5.75 Å². The molecule has 0 fully saturated rings. The van der Waals surface area contributed by atoms with E-state index >= 15 is 0 Å². The number of thioether (sulfide) groups is 1. The van der Waals surface area contributed by atoms with Gasteiger partial charge in [-0.15, -0.1) is 11.8 Å². The Morgan fingerprint density at radius 2 is 2.25 bits per heavy atom. The van der Waals surface area contributed by atoms with Crippen molar-refractivity contribution in [3.63, 3.8) is 0 Å². The average Bonchev–Trinajstić information content (AvgIpc) is 2.89. The number of benzene rings is 1. The molecule has 0 saturated heterocycles. The van der Waals surface area contributed by atoms with E-state index in [4.69, 9.17) is 4.74 Å². The molecule has 102 valence electrons. The van der Waals surface area contributed by atoms with Crippen LogP contribution in [0.25, 0.3) is 11.4 Å². The average molecular weight is 287 g/mol. The number of ether oxygens (including phenoxy) is 1. The lowest BCUT2D eigenvalue weighted by Gasteiger charge is -2.07. The minimum Gasteiger partial charge on any atom is -0.496 e. The summed E-state index contributed by atoms with van der Waals surface area (Å²) in [5.74, 6) is 1.30. The van der Waals surface area contributed by atoms with E-state index in [2.05, 4.69) is 15.0 Å². The molecule has 0 unspecified atom stereocenters. The van der Waals surface area contributed by atoms with E-state index in [0.717, 1.165) is 27.6 Å². The first-order chi connectivity index (χ1) is 9.71. The molecule has 0 bridgehead atoms. The summed E-state index contributed by atoms with van der Waals surface area (Å²) in [5.41, 5.74) is 2.40. The molecule has 1 aliphatic heterocycles. The lowest BCUT2D eigenvalue weighted by atomic mass is 10.2. The zero-order chi connectivity index (χ0) is 14.1. The Hall–Kier alpha value is -2.08. The first-order valence-corrected chi connectivity index (χ1v) is 7.32. The highest BCUT2D eigenvalue weighted by atomic mass is 32.2. The van der Waals surface area contributed by atoms with E-state index < -0.39 is 0 Å². The number of H-pyrrole nitrogens is 1. The number of aliphatic imine (C=N–C) groups is 1. The molecule has 1 aromatic heterocycles. The predicted octanol–water partition coefficient (Wildman–Crippen LogP) is 2.31. The molecular weight excluding hydrogens is 274 g/mol. The summed E-state index contributed by atoms with van der Waals surface area (Å²) in [6, 6.07) is 5.96. The number of hydrogen-bond acceptors (Lipinski definition) is 4. The Balaban J connectivity index is 2.06. The van der Waals surface area contributed by atoms with Crippen molar-refractivity contribution < 1.29 is 9.53 Å². The van der Waals surface area contributed by atoms with E-state index in [-0.39, 0.29) is 12.3 Å². The minimum absolute atomic E-state index is 0.155. The number of amides is 1. The van der Waals surface area contributed by atoms with Gasteiger partial charge in [-0.25, -0.2) is 9.98 Å². The van der Waals surface area contributed by atoms with Crippen LogP contribution in [0.2, 0.25) is 0 Å². The van der Waals surface area contributed by atoms with Gasteiger partial charge in [0.1, 0.15) is 17.3 Å². The highest BCUT2D eigenvalue weighted by Crippen LogP contribution is 2.32. The highest BCUT2D eigenvalue weighted by molar-refractivity contribution is 7.98. The van der Waals surface area contributed by atoms with Crippen molar-refractivity contribution >= 4 is 23.9 Å². The van der Waals surface area contributed by atoms with Crippen LogP contribution in [0.3, 0.4) is 0 Å². The van der Waals surface area contributed by atoms with Crippen LogP contribution in [-0.4, -0.2) is 35.5 Å². The van der Waals surface area contributed by atoms with Crippen LogP contribution in [-0.2, 0) is 11.2 Å². The van der Waals surface area contributed by atoms with Crippen molar-refractivity contribution in [3.8, 4) is 17.1 Å². The summed E-state index contributed by atoms with van der Waals surface area (Å²) in [6.45, 7) is 0. The van der Waals surface area contributed by atoms with Crippen LogP contribution >= 0.6 is 11.8 Å². The summed E-state index contributed by atoms with van der Waals surface area (Å²) >= 11 is 1.65. The van der Waals surface area contributed by atoms with E-state index in [1.807, 2.05) is 24.5 Å². The molecule has 1 aliphatic rings.